The molecule has 4 atom stereocenters. The van der Waals surface area contributed by atoms with Crippen LogP contribution in [-0.2, 0) is 9.53 Å². The van der Waals surface area contributed by atoms with Gasteiger partial charge in [0.25, 0.3) is 0 Å². The summed E-state index contributed by atoms with van der Waals surface area (Å²) in [5, 5.41) is 39.5. The Bertz CT molecular complexity index is 423. The van der Waals surface area contributed by atoms with Gasteiger partial charge < -0.3 is 25.2 Å². The van der Waals surface area contributed by atoms with E-state index >= 15 is 0 Å². The molecule has 4 N–H and O–H groups in total. The van der Waals surface area contributed by atoms with E-state index in [1.165, 1.54) is 32.1 Å². The Kier molecular flexibility index (Phi) is 11.6. The Labute approximate surface area is 156 Å². The van der Waals surface area contributed by atoms with E-state index < -0.39 is 30.4 Å². The highest BCUT2D eigenvalue weighted by Crippen LogP contribution is 2.20. The molecule has 0 aromatic heterocycles. The zero-order chi connectivity index (χ0) is 19.4. The summed E-state index contributed by atoms with van der Waals surface area (Å²) < 4.78 is 5.02. The van der Waals surface area contributed by atoms with Crippen LogP contribution >= 0.6 is 0 Å². The molecule has 0 aromatic carbocycles. The minimum atomic E-state index is -0.848. The number of cyclic esters (lactones) is 1. The van der Waals surface area contributed by atoms with Crippen LogP contribution in [0.3, 0.4) is 0 Å². The fourth-order valence-electron chi connectivity index (χ4n) is 3.38. The Morgan fingerprint density at radius 2 is 1.62 bits per heavy atom. The van der Waals surface area contributed by atoms with Gasteiger partial charge in [0.2, 0.25) is 0 Å². The van der Waals surface area contributed by atoms with Gasteiger partial charge in [-0.05, 0) is 19.3 Å². The average molecular weight is 373 g/mol. The number of esters is 1. The number of aliphatic hydroxyl groups excluding tert-OH is 4. The minimum absolute atomic E-state index is 0.0517. The van der Waals surface area contributed by atoms with Crippen LogP contribution in [0.25, 0.3) is 0 Å². The number of ether oxygens (including phenoxy) is 1. The molecule has 0 spiro atoms. The molecular formula is C20H36O6. The smallest absolute Gasteiger partial charge is 0.334 e. The van der Waals surface area contributed by atoms with Crippen molar-refractivity contribution in [3.8, 4) is 0 Å². The lowest BCUT2D eigenvalue weighted by Gasteiger charge is -2.24. The van der Waals surface area contributed by atoms with Gasteiger partial charge in [0.1, 0.15) is 11.9 Å². The molecule has 0 aliphatic carbocycles. The van der Waals surface area contributed by atoms with Crippen molar-refractivity contribution in [3.05, 3.63) is 11.8 Å². The summed E-state index contributed by atoms with van der Waals surface area (Å²) in [5.41, 5.74) is 0. The fraction of sp³-hybridized carbons (Fsp3) is 0.850. The molecule has 6 nitrogen and oxygen atoms in total. The van der Waals surface area contributed by atoms with E-state index in [0.29, 0.717) is 6.42 Å². The molecule has 0 radical (unpaired) electrons. The van der Waals surface area contributed by atoms with E-state index in [2.05, 4.69) is 6.92 Å². The van der Waals surface area contributed by atoms with Crippen LogP contribution in [0, 0.1) is 0 Å². The number of rotatable bonds is 14. The first-order valence-corrected chi connectivity index (χ1v) is 10.0. The second-order valence-electron chi connectivity index (χ2n) is 7.48. The van der Waals surface area contributed by atoms with Crippen LogP contribution in [0.2, 0.25) is 0 Å². The predicted octanol–water partition coefficient (Wildman–Crippen LogP) is 3.14. The number of carbonyl (C=O) groups excluding carboxylic acids is 1. The standard InChI is InChI=1S/C20H36O6/c1-2-3-4-5-6-7-8-9-15(21)10-16(22)11-17(23)12-19-13-18(24)14-20(25)26-19/h14-17,19,21-24H,2-13H2,1H3/t15-,16-,17+,19+/m0/s1. The van der Waals surface area contributed by atoms with Gasteiger partial charge in [0.05, 0.1) is 24.4 Å². The first kappa shape index (κ1) is 22.9. The lowest BCUT2D eigenvalue weighted by atomic mass is 9.97. The minimum Gasteiger partial charge on any atom is -0.512 e. The molecule has 0 unspecified atom stereocenters. The lowest BCUT2D eigenvalue weighted by Crippen LogP contribution is -2.30. The van der Waals surface area contributed by atoms with E-state index in [-0.39, 0.29) is 31.4 Å². The average Bonchev–Trinajstić information content (AvgIpc) is 2.52. The Morgan fingerprint density at radius 3 is 2.27 bits per heavy atom. The lowest BCUT2D eigenvalue weighted by molar-refractivity contribution is -0.146. The third-order valence-electron chi connectivity index (χ3n) is 4.77. The molecule has 26 heavy (non-hydrogen) atoms. The molecule has 1 aliphatic heterocycles. The zero-order valence-electron chi connectivity index (χ0n) is 16.0. The summed E-state index contributed by atoms with van der Waals surface area (Å²) in [7, 11) is 0. The second kappa shape index (κ2) is 13.1. The van der Waals surface area contributed by atoms with Crippen LogP contribution in [-0.4, -0.2) is 50.8 Å². The third-order valence-corrected chi connectivity index (χ3v) is 4.77. The first-order valence-electron chi connectivity index (χ1n) is 10.0. The van der Waals surface area contributed by atoms with Crippen molar-refractivity contribution in [1.29, 1.82) is 0 Å². The predicted molar refractivity (Wildman–Crippen MR) is 99.7 cm³/mol. The summed E-state index contributed by atoms with van der Waals surface area (Å²) in [6.07, 6.45) is 7.89. The van der Waals surface area contributed by atoms with E-state index in [1.54, 1.807) is 0 Å². The molecule has 0 saturated heterocycles. The van der Waals surface area contributed by atoms with Crippen molar-refractivity contribution < 1.29 is 30.0 Å². The van der Waals surface area contributed by atoms with Crippen molar-refractivity contribution in [2.45, 2.75) is 108 Å². The van der Waals surface area contributed by atoms with Gasteiger partial charge in [-0.2, -0.15) is 0 Å². The fourth-order valence-corrected chi connectivity index (χ4v) is 3.38. The molecule has 1 rings (SSSR count). The monoisotopic (exact) mass is 372 g/mol. The van der Waals surface area contributed by atoms with Crippen LogP contribution in [0.1, 0.15) is 84.0 Å². The number of unbranched alkanes of at least 4 members (excludes halogenated alkanes) is 6. The van der Waals surface area contributed by atoms with E-state index in [0.717, 1.165) is 18.9 Å². The highest BCUT2D eigenvalue weighted by Gasteiger charge is 2.25. The number of hydrogen-bond acceptors (Lipinski definition) is 6. The van der Waals surface area contributed by atoms with Gasteiger partial charge in [0.15, 0.2) is 0 Å². The van der Waals surface area contributed by atoms with Crippen molar-refractivity contribution in [2.75, 3.05) is 0 Å². The summed E-state index contributed by atoms with van der Waals surface area (Å²) in [6, 6.07) is 0. The van der Waals surface area contributed by atoms with Crippen molar-refractivity contribution in [2.24, 2.45) is 0 Å². The molecule has 1 heterocycles. The number of hydrogen-bond donors (Lipinski definition) is 4. The second-order valence-corrected chi connectivity index (χ2v) is 7.48. The maximum Gasteiger partial charge on any atom is 0.334 e. The maximum atomic E-state index is 11.2. The Morgan fingerprint density at radius 1 is 1.00 bits per heavy atom. The van der Waals surface area contributed by atoms with Gasteiger partial charge in [-0.25, -0.2) is 4.79 Å². The highest BCUT2D eigenvalue weighted by molar-refractivity contribution is 5.83. The molecule has 0 bridgehead atoms. The zero-order valence-corrected chi connectivity index (χ0v) is 16.0. The largest absolute Gasteiger partial charge is 0.512 e. The SMILES string of the molecule is CCCCCCCCC[C@H](O)C[C@H](O)C[C@@H](O)C[C@@H]1CC(O)=CC(=O)O1. The van der Waals surface area contributed by atoms with Gasteiger partial charge in [-0.3, -0.25) is 0 Å². The van der Waals surface area contributed by atoms with E-state index in [9.17, 15) is 25.2 Å². The molecule has 0 saturated carbocycles. The van der Waals surface area contributed by atoms with Gasteiger partial charge in [0, 0.05) is 12.8 Å². The topological polar surface area (TPSA) is 107 Å². The van der Waals surface area contributed by atoms with E-state index in [4.69, 9.17) is 4.74 Å². The number of carbonyl (C=O) groups is 1. The van der Waals surface area contributed by atoms with Crippen molar-refractivity contribution in [1.82, 2.24) is 0 Å². The highest BCUT2D eigenvalue weighted by atomic mass is 16.5. The first-order chi connectivity index (χ1) is 12.4. The molecule has 1 aliphatic rings. The summed E-state index contributed by atoms with van der Waals surface area (Å²) >= 11 is 0. The number of aliphatic hydroxyl groups is 4. The molecule has 152 valence electrons. The molecule has 0 aromatic rings. The maximum absolute atomic E-state index is 11.2. The van der Waals surface area contributed by atoms with Gasteiger partial charge >= 0.3 is 5.97 Å². The van der Waals surface area contributed by atoms with Crippen molar-refractivity contribution >= 4 is 5.97 Å². The third kappa shape index (κ3) is 10.8. The van der Waals surface area contributed by atoms with Crippen LogP contribution in [0.5, 0.6) is 0 Å². The molecule has 6 heteroatoms. The van der Waals surface area contributed by atoms with Gasteiger partial charge in [-0.15, -0.1) is 0 Å². The van der Waals surface area contributed by atoms with Crippen molar-refractivity contribution in [3.63, 3.8) is 0 Å². The molecule has 0 amide bonds. The van der Waals surface area contributed by atoms with Gasteiger partial charge in [-0.1, -0.05) is 51.9 Å². The summed E-state index contributed by atoms with van der Waals surface area (Å²) in [5.74, 6) is -0.666. The summed E-state index contributed by atoms with van der Waals surface area (Å²) in [6.45, 7) is 2.20. The molecular weight excluding hydrogens is 336 g/mol. The van der Waals surface area contributed by atoms with E-state index in [1.807, 2.05) is 0 Å². The summed E-state index contributed by atoms with van der Waals surface area (Å²) in [4.78, 5) is 11.2. The normalized spacial score (nSPS) is 21.0. The Balaban J connectivity index is 2.11. The van der Waals surface area contributed by atoms with Crippen LogP contribution in [0.4, 0.5) is 0 Å². The van der Waals surface area contributed by atoms with Crippen LogP contribution < -0.4 is 0 Å². The Hall–Kier alpha value is -1.11. The van der Waals surface area contributed by atoms with Crippen LogP contribution in [0.15, 0.2) is 11.8 Å². The molecule has 0 fully saturated rings. The quantitative estimate of drug-likeness (QED) is 0.276.